The zero-order chi connectivity index (χ0) is 16.7. The van der Waals surface area contributed by atoms with Crippen molar-refractivity contribution in [1.29, 1.82) is 0 Å². The Morgan fingerprint density at radius 1 is 1.21 bits per heavy atom. The van der Waals surface area contributed by atoms with Crippen LogP contribution in [0.25, 0.3) is 5.69 Å². The third-order valence-corrected chi connectivity index (χ3v) is 4.96. The maximum absolute atomic E-state index is 12.8. The summed E-state index contributed by atoms with van der Waals surface area (Å²) in [5.41, 5.74) is 1.95. The number of amides is 2. The Bertz CT molecular complexity index is 771. The number of aromatic nitrogens is 2. The molecule has 3 heterocycles. The lowest BCUT2D eigenvalue weighted by atomic mass is 10.0. The lowest BCUT2D eigenvalue weighted by molar-refractivity contribution is -0.159. The van der Waals surface area contributed by atoms with Gasteiger partial charge in [0.2, 0.25) is 11.8 Å². The molecule has 124 valence electrons. The summed E-state index contributed by atoms with van der Waals surface area (Å²) in [5.74, 6) is 0.143. The SMILES string of the molecule is C[C@H]1C(=O)N2CCC[C@H]2C(=O)N1Cc1cccc(-n2cccn2)c1. The minimum Gasteiger partial charge on any atom is -0.329 e. The van der Waals surface area contributed by atoms with Crippen molar-refractivity contribution in [2.24, 2.45) is 0 Å². The van der Waals surface area contributed by atoms with Gasteiger partial charge in [-0.05, 0) is 43.5 Å². The van der Waals surface area contributed by atoms with Crippen LogP contribution in [0.5, 0.6) is 0 Å². The predicted octanol–water partition coefficient (Wildman–Crippen LogP) is 1.59. The number of carbonyl (C=O) groups is 2. The summed E-state index contributed by atoms with van der Waals surface area (Å²) in [6.07, 6.45) is 5.31. The van der Waals surface area contributed by atoms with Gasteiger partial charge in [-0.15, -0.1) is 0 Å². The number of nitrogens with zero attached hydrogens (tertiary/aromatic N) is 4. The molecule has 0 bridgehead atoms. The third kappa shape index (κ3) is 2.38. The van der Waals surface area contributed by atoms with Crippen LogP contribution in [-0.2, 0) is 16.1 Å². The summed E-state index contributed by atoms with van der Waals surface area (Å²) in [6.45, 7) is 2.99. The Kier molecular flexibility index (Phi) is 3.59. The summed E-state index contributed by atoms with van der Waals surface area (Å²) in [5, 5.41) is 4.24. The van der Waals surface area contributed by atoms with E-state index in [1.54, 1.807) is 20.7 Å². The van der Waals surface area contributed by atoms with Crippen LogP contribution in [0.15, 0.2) is 42.7 Å². The van der Waals surface area contributed by atoms with Gasteiger partial charge in [0, 0.05) is 25.5 Å². The van der Waals surface area contributed by atoms with Crippen LogP contribution in [0.3, 0.4) is 0 Å². The molecule has 2 amide bonds. The van der Waals surface area contributed by atoms with Gasteiger partial charge in [0.15, 0.2) is 0 Å². The van der Waals surface area contributed by atoms with E-state index in [2.05, 4.69) is 5.10 Å². The number of hydrogen-bond donors (Lipinski definition) is 0. The normalized spacial score (nSPS) is 23.7. The fraction of sp³-hybridized carbons (Fsp3) is 0.389. The van der Waals surface area contributed by atoms with Crippen LogP contribution in [0, 0.1) is 0 Å². The van der Waals surface area contributed by atoms with Gasteiger partial charge in [0.25, 0.3) is 0 Å². The molecular formula is C18H20N4O2. The van der Waals surface area contributed by atoms with E-state index in [4.69, 9.17) is 0 Å². The molecule has 2 aliphatic rings. The molecule has 2 fully saturated rings. The van der Waals surface area contributed by atoms with E-state index in [1.165, 1.54) is 0 Å². The molecule has 0 aliphatic carbocycles. The largest absolute Gasteiger partial charge is 0.329 e. The Morgan fingerprint density at radius 3 is 2.88 bits per heavy atom. The predicted molar refractivity (Wildman–Crippen MR) is 88.3 cm³/mol. The third-order valence-electron chi connectivity index (χ3n) is 4.96. The zero-order valence-corrected chi connectivity index (χ0v) is 13.6. The smallest absolute Gasteiger partial charge is 0.246 e. The van der Waals surface area contributed by atoms with Crippen LogP contribution in [-0.4, -0.2) is 50.0 Å². The summed E-state index contributed by atoms with van der Waals surface area (Å²) in [7, 11) is 0. The number of fused-ring (bicyclic) bond motifs is 1. The summed E-state index contributed by atoms with van der Waals surface area (Å²) >= 11 is 0. The monoisotopic (exact) mass is 324 g/mol. The molecule has 0 unspecified atom stereocenters. The number of benzene rings is 1. The molecule has 1 aromatic heterocycles. The standard InChI is InChI=1S/C18H20N4O2/c1-13-17(23)20-9-3-7-16(20)18(24)21(13)12-14-5-2-6-15(11-14)22-10-4-8-19-22/h2,4-6,8,10-11,13,16H,3,7,9,12H2,1H3/t13-,16-/m0/s1. The molecule has 24 heavy (non-hydrogen) atoms. The fourth-order valence-electron chi connectivity index (χ4n) is 3.67. The molecule has 2 saturated heterocycles. The van der Waals surface area contributed by atoms with Crippen LogP contribution < -0.4 is 0 Å². The Hall–Kier alpha value is -2.63. The summed E-state index contributed by atoms with van der Waals surface area (Å²) in [4.78, 5) is 28.8. The molecule has 1 aromatic carbocycles. The highest BCUT2D eigenvalue weighted by Crippen LogP contribution is 2.28. The molecule has 2 aromatic rings. The second-order valence-electron chi connectivity index (χ2n) is 6.45. The maximum Gasteiger partial charge on any atom is 0.246 e. The molecule has 2 atom stereocenters. The molecule has 0 N–H and O–H groups in total. The average molecular weight is 324 g/mol. The van der Waals surface area contributed by atoms with E-state index in [0.29, 0.717) is 13.1 Å². The van der Waals surface area contributed by atoms with E-state index < -0.39 is 6.04 Å². The number of hydrogen-bond acceptors (Lipinski definition) is 3. The quantitative estimate of drug-likeness (QED) is 0.861. The van der Waals surface area contributed by atoms with Crippen LogP contribution in [0.4, 0.5) is 0 Å². The van der Waals surface area contributed by atoms with Crippen molar-refractivity contribution >= 4 is 11.8 Å². The zero-order valence-electron chi connectivity index (χ0n) is 13.6. The van der Waals surface area contributed by atoms with E-state index in [9.17, 15) is 9.59 Å². The Morgan fingerprint density at radius 2 is 2.08 bits per heavy atom. The van der Waals surface area contributed by atoms with Crippen molar-refractivity contribution in [3.63, 3.8) is 0 Å². The second-order valence-corrected chi connectivity index (χ2v) is 6.45. The van der Waals surface area contributed by atoms with Crippen molar-refractivity contribution in [2.75, 3.05) is 6.54 Å². The fourth-order valence-corrected chi connectivity index (χ4v) is 3.67. The molecule has 0 radical (unpaired) electrons. The number of piperazine rings is 1. The van der Waals surface area contributed by atoms with E-state index in [1.807, 2.05) is 43.5 Å². The molecular weight excluding hydrogens is 304 g/mol. The Balaban J connectivity index is 1.59. The van der Waals surface area contributed by atoms with E-state index >= 15 is 0 Å². The van der Waals surface area contributed by atoms with Crippen molar-refractivity contribution in [3.8, 4) is 5.69 Å². The lowest BCUT2D eigenvalue weighted by Gasteiger charge is -2.41. The van der Waals surface area contributed by atoms with Gasteiger partial charge in [-0.2, -0.15) is 5.10 Å². The highest BCUT2D eigenvalue weighted by atomic mass is 16.2. The second kappa shape index (κ2) is 5.78. The first-order valence-electron chi connectivity index (χ1n) is 8.35. The maximum atomic E-state index is 12.8. The van der Waals surface area contributed by atoms with Crippen molar-refractivity contribution in [3.05, 3.63) is 48.3 Å². The lowest BCUT2D eigenvalue weighted by Crippen LogP contribution is -2.61. The van der Waals surface area contributed by atoms with Crippen molar-refractivity contribution in [1.82, 2.24) is 19.6 Å². The summed E-state index contributed by atoms with van der Waals surface area (Å²) in [6, 6.07) is 9.13. The Labute approximate surface area is 140 Å². The van der Waals surface area contributed by atoms with Crippen LogP contribution in [0.2, 0.25) is 0 Å². The minimum atomic E-state index is -0.403. The first-order chi connectivity index (χ1) is 11.6. The highest BCUT2D eigenvalue weighted by Gasteiger charge is 2.45. The molecule has 4 rings (SSSR count). The highest BCUT2D eigenvalue weighted by molar-refractivity contribution is 5.97. The van der Waals surface area contributed by atoms with E-state index in [0.717, 1.165) is 24.1 Å². The van der Waals surface area contributed by atoms with Gasteiger partial charge in [-0.25, -0.2) is 4.68 Å². The summed E-state index contributed by atoms with van der Waals surface area (Å²) < 4.78 is 1.79. The van der Waals surface area contributed by atoms with Gasteiger partial charge in [0.05, 0.1) is 5.69 Å². The number of rotatable bonds is 3. The van der Waals surface area contributed by atoms with Gasteiger partial charge in [-0.3, -0.25) is 9.59 Å². The topological polar surface area (TPSA) is 58.4 Å². The van der Waals surface area contributed by atoms with Crippen molar-refractivity contribution in [2.45, 2.75) is 38.4 Å². The molecule has 6 heteroatoms. The average Bonchev–Trinajstić information content (AvgIpc) is 3.28. The molecule has 0 spiro atoms. The van der Waals surface area contributed by atoms with Gasteiger partial charge in [0.1, 0.15) is 12.1 Å². The van der Waals surface area contributed by atoms with Gasteiger partial charge >= 0.3 is 0 Å². The minimum absolute atomic E-state index is 0.0698. The van der Waals surface area contributed by atoms with Crippen molar-refractivity contribution < 1.29 is 9.59 Å². The molecule has 2 aliphatic heterocycles. The number of carbonyl (C=O) groups excluding carboxylic acids is 2. The van der Waals surface area contributed by atoms with Crippen LogP contribution >= 0.6 is 0 Å². The molecule has 6 nitrogen and oxygen atoms in total. The van der Waals surface area contributed by atoms with Gasteiger partial charge in [-0.1, -0.05) is 12.1 Å². The van der Waals surface area contributed by atoms with Crippen LogP contribution in [0.1, 0.15) is 25.3 Å². The molecule has 0 saturated carbocycles. The van der Waals surface area contributed by atoms with E-state index in [-0.39, 0.29) is 17.9 Å². The van der Waals surface area contributed by atoms with Gasteiger partial charge < -0.3 is 9.80 Å². The first kappa shape index (κ1) is 14.9. The first-order valence-corrected chi connectivity index (χ1v) is 8.35.